The molecule has 0 bridgehead atoms. The summed E-state index contributed by atoms with van der Waals surface area (Å²) < 4.78 is 0. The molecule has 5 nitrogen and oxygen atoms in total. The van der Waals surface area contributed by atoms with Crippen LogP contribution in [-0.2, 0) is 9.59 Å². The number of nitrogens with zero attached hydrogens (tertiary/aromatic N) is 1. The lowest BCUT2D eigenvalue weighted by Crippen LogP contribution is -2.50. The fraction of sp³-hybridized carbons (Fsp3) is 0.895. The van der Waals surface area contributed by atoms with Gasteiger partial charge in [0, 0.05) is 26.1 Å². The summed E-state index contributed by atoms with van der Waals surface area (Å²) in [5.74, 6) is 0.893. The molecule has 0 aromatic heterocycles. The highest BCUT2D eigenvalue weighted by atomic mass is 16.3. The van der Waals surface area contributed by atoms with Gasteiger partial charge in [0.1, 0.15) is 6.04 Å². The molecule has 2 rings (SSSR count). The van der Waals surface area contributed by atoms with Crippen LogP contribution in [0.25, 0.3) is 0 Å². The molecule has 0 spiro atoms. The van der Waals surface area contributed by atoms with E-state index in [9.17, 15) is 14.7 Å². The Kier molecular flexibility index (Phi) is 7.53. The minimum absolute atomic E-state index is 0.000516. The predicted molar refractivity (Wildman–Crippen MR) is 94.4 cm³/mol. The third-order valence-electron chi connectivity index (χ3n) is 5.92. The molecular weight excluding hydrogens is 304 g/mol. The van der Waals surface area contributed by atoms with Crippen LogP contribution in [0, 0.1) is 11.8 Å². The number of aliphatic hydroxyl groups is 1. The third kappa shape index (κ3) is 5.47. The maximum Gasteiger partial charge on any atom is 0.244 e. The average molecular weight is 338 g/mol. The predicted octanol–water partition coefficient (Wildman–Crippen LogP) is 2.47. The van der Waals surface area contributed by atoms with Gasteiger partial charge < -0.3 is 15.3 Å². The van der Waals surface area contributed by atoms with Gasteiger partial charge >= 0.3 is 0 Å². The molecule has 2 amide bonds. The first-order chi connectivity index (χ1) is 11.5. The average Bonchev–Trinajstić information content (AvgIpc) is 2.61. The Morgan fingerprint density at radius 1 is 1.04 bits per heavy atom. The normalized spacial score (nSPS) is 26.6. The second-order valence-corrected chi connectivity index (χ2v) is 7.80. The summed E-state index contributed by atoms with van der Waals surface area (Å²) in [5, 5.41) is 12.1. The fourth-order valence-electron chi connectivity index (χ4n) is 4.22. The molecule has 1 unspecified atom stereocenters. The molecule has 0 saturated heterocycles. The molecule has 0 aliphatic heterocycles. The monoisotopic (exact) mass is 338 g/mol. The highest BCUT2D eigenvalue weighted by Crippen LogP contribution is 2.27. The van der Waals surface area contributed by atoms with E-state index in [4.69, 9.17) is 0 Å². The standard InChI is InChI=1S/C19H34N2O3/c1-14(20-18(23)12-15-6-4-3-5-7-15)19(24)21(2)17-10-8-16(13-22)9-11-17/h14-17,22H,3-13H2,1-2H3,(H,20,23). The summed E-state index contributed by atoms with van der Waals surface area (Å²) >= 11 is 0. The fourth-order valence-corrected chi connectivity index (χ4v) is 4.22. The SMILES string of the molecule is CC(NC(=O)CC1CCCCC1)C(=O)N(C)C1CCC(CO)CC1. The van der Waals surface area contributed by atoms with E-state index in [-0.39, 0.29) is 24.5 Å². The van der Waals surface area contributed by atoms with E-state index in [2.05, 4.69) is 5.32 Å². The molecule has 0 aromatic carbocycles. The maximum atomic E-state index is 12.6. The number of aliphatic hydroxyl groups excluding tert-OH is 1. The van der Waals surface area contributed by atoms with Crippen LogP contribution < -0.4 is 5.32 Å². The van der Waals surface area contributed by atoms with Crippen LogP contribution in [0.2, 0.25) is 0 Å². The quantitative estimate of drug-likeness (QED) is 0.782. The minimum Gasteiger partial charge on any atom is -0.396 e. The minimum atomic E-state index is -0.457. The topological polar surface area (TPSA) is 69.6 Å². The zero-order valence-corrected chi connectivity index (χ0v) is 15.3. The van der Waals surface area contributed by atoms with Gasteiger partial charge in [-0.25, -0.2) is 0 Å². The van der Waals surface area contributed by atoms with Crippen molar-refractivity contribution in [3.63, 3.8) is 0 Å². The van der Waals surface area contributed by atoms with E-state index in [1.54, 1.807) is 11.8 Å². The van der Waals surface area contributed by atoms with E-state index < -0.39 is 6.04 Å². The van der Waals surface area contributed by atoms with Crippen LogP contribution in [0.3, 0.4) is 0 Å². The molecule has 2 saturated carbocycles. The number of rotatable bonds is 6. The smallest absolute Gasteiger partial charge is 0.244 e. The van der Waals surface area contributed by atoms with Gasteiger partial charge in [0.05, 0.1) is 0 Å². The van der Waals surface area contributed by atoms with Gasteiger partial charge in [0.25, 0.3) is 0 Å². The number of carbonyl (C=O) groups excluding carboxylic acids is 2. The van der Waals surface area contributed by atoms with Gasteiger partial charge in [-0.3, -0.25) is 9.59 Å². The first-order valence-electron chi connectivity index (χ1n) is 9.68. The van der Waals surface area contributed by atoms with Crippen molar-refractivity contribution in [3.8, 4) is 0 Å². The molecule has 1 atom stereocenters. The summed E-state index contributed by atoms with van der Waals surface area (Å²) in [5.41, 5.74) is 0. The number of likely N-dealkylation sites (N-methyl/N-ethyl adjacent to an activating group) is 1. The van der Waals surface area contributed by atoms with Gasteiger partial charge in [-0.2, -0.15) is 0 Å². The molecule has 2 N–H and O–H groups in total. The maximum absolute atomic E-state index is 12.6. The van der Waals surface area contributed by atoms with Crippen LogP contribution in [0.4, 0.5) is 0 Å². The molecule has 24 heavy (non-hydrogen) atoms. The van der Waals surface area contributed by atoms with E-state index in [0.29, 0.717) is 18.3 Å². The Balaban J connectivity index is 1.75. The van der Waals surface area contributed by atoms with Gasteiger partial charge in [-0.05, 0) is 57.3 Å². The van der Waals surface area contributed by atoms with Crippen molar-refractivity contribution in [3.05, 3.63) is 0 Å². The molecule has 0 heterocycles. The van der Waals surface area contributed by atoms with Crippen molar-refractivity contribution in [1.29, 1.82) is 0 Å². The Morgan fingerprint density at radius 3 is 2.25 bits per heavy atom. The summed E-state index contributed by atoms with van der Waals surface area (Å²) in [6.45, 7) is 2.04. The van der Waals surface area contributed by atoms with Gasteiger partial charge in [0.15, 0.2) is 0 Å². The van der Waals surface area contributed by atoms with E-state index >= 15 is 0 Å². The second kappa shape index (κ2) is 9.40. The molecule has 2 aliphatic carbocycles. The third-order valence-corrected chi connectivity index (χ3v) is 5.92. The largest absolute Gasteiger partial charge is 0.396 e. The Bertz CT molecular complexity index is 413. The number of amides is 2. The van der Waals surface area contributed by atoms with Crippen LogP contribution in [-0.4, -0.2) is 47.6 Å². The molecule has 2 aliphatic rings. The lowest BCUT2D eigenvalue weighted by atomic mass is 9.86. The first-order valence-corrected chi connectivity index (χ1v) is 9.68. The molecule has 5 heteroatoms. The van der Waals surface area contributed by atoms with E-state index in [1.165, 1.54) is 19.3 Å². The van der Waals surface area contributed by atoms with E-state index in [0.717, 1.165) is 38.5 Å². The summed E-state index contributed by atoms with van der Waals surface area (Å²) in [7, 11) is 1.84. The number of hydrogen-bond donors (Lipinski definition) is 2. The number of nitrogens with one attached hydrogen (secondary N) is 1. The molecule has 0 aromatic rings. The van der Waals surface area contributed by atoms with Gasteiger partial charge in [0.2, 0.25) is 11.8 Å². The van der Waals surface area contributed by atoms with Crippen molar-refractivity contribution in [2.45, 2.75) is 83.2 Å². The van der Waals surface area contributed by atoms with Gasteiger partial charge in [-0.15, -0.1) is 0 Å². The van der Waals surface area contributed by atoms with Crippen molar-refractivity contribution in [2.75, 3.05) is 13.7 Å². The Labute approximate surface area is 146 Å². The molecule has 138 valence electrons. The summed E-state index contributed by atoms with van der Waals surface area (Å²) in [4.78, 5) is 26.6. The van der Waals surface area contributed by atoms with Crippen LogP contribution in [0.15, 0.2) is 0 Å². The lowest BCUT2D eigenvalue weighted by molar-refractivity contribution is -0.137. The Morgan fingerprint density at radius 2 is 1.67 bits per heavy atom. The Hall–Kier alpha value is -1.10. The molecule has 2 fully saturated rings. The van der Waals surface area contributed by atoms with Crippen molar-refractivity contribution in [2.24, 2.45) is 11.8 Å². The second-order valence-electron chi connectivity index (χ2n) is 7.80. The summed E-state index contributed by atoms with van der Waals surface area (Å²) in [6, 6.07) is -0.223. The highest BCUT2D eigenvalue weighted by molar-refractivity contribution is 5.87. The first kappa shape index (κ1) is 19.2. The summed E-state index contributed by atoms with van der Waals surface area (Å²) in [6.07, 6.45) is 10.4. The van der Waals surface area contributed by atoms with E-state index in [1.807, 2.05) is 7.05 Å². The number of carbonyl (C=O) groups is 2. The van der Waals surface area contributed by atoms with Crippen molar-refractivity contribution in [1.82, 2.24) is 10.2 Å². The lowest BCUT2D eigenvalue weighted by Gasteiger charge is -2.35. The highest BCUT2D eigenvalue weighted by Gasteiger charge is 2.29. The van der Waals surface area contributed by atoms with Gasteiger partial charge in [-0.1, -0.05) is 19.3 Å². The van der Waals surface area contributed by atoms with Crippen LogP contribution in [0.5, 0.6) is 0 Å². The molecular formula is C19H34N2O3. The molecule has 0 radical (unpaired) electrons. The van der Waals surface area contributed by atoms with Crippen LogP contribution in [0.1, 0.15) is 71.1 Å². The van der Waals surface area contributed by atoms with Crippen molar-refractivity contribution < 1.29 is 14.7 Å². The van der Waals surface area contributed by atoms with Crippen LogP contribution >= 0.6 is 0 Å². The zero-order chi connectivity index (χ0) is 17.5. The zero-order valence-electron chi connectivity index (χ0n) is 15.3. The van der Waals surface area contributed by atoms with Crippen molar-refractivity contribution >= 4 is 11.8 Å². The number of hydrogen-bond acceptors (Lipinski definition) is 3.